The van der Waals surface area contributed by atoms with E-state index < -0.39 is 6.61 Å². The molecule has 0 unspecified atom stereocenters. The van der Waals surface area contributed by atoms with Crippen molar-refractivity contribution in [3.63, 3.8) is 0 Å². The molecule has 0 aliphatic heterocycles. The highest BCUT2D eigenvalue weighted by atomic mass is 19.3. The molecule has 0 fully saturated rings. The molecule has 5 heteroatoms. The fourth-order valence-electron chi connectivity index (χ4n) is 1.05. The number of nitrogens with two attached hydrogens (primary N) is 1. The van der Waals surface area contributed by atoms with Crippen LogP contribution in [0.3, 0.4) is 0 Å². The largest absolute Gasteiger partial charge is 0.497 e. The smallest absolute Gasteiger partial charge is 0.387 e. The van der Waals surface area contributed by atoms with Gasteiger partial charge in [0.1, 0.15) is 11.5 Å². The van der Waals surface area contributed by atoms with Crippen molar-refractivity contribution in [3.8, 4) is 11.5 Å². The van der Waals surface area contributed by atoms with Crippen molar-refractivity contribution < 1.29 is 18.3 Å². The molecule has 0 spiro atoms. The molecule has 0 amide bonds. The topological polar surface area (TPSA) is 44.5 Å². The molecule has 1 aromatic carbocycles. The number of halogens is 2. The lowest BCUT2D eigenvalue weighted by Crippen LogP contribution is -2.07. The van der Waals surface area contributed by atoms with Crippen LogP contribution >= 0.6 is 0 Å². The molecule has 0 aromatic heterocycles. The van der Waals surface area contributed by atoms with Gasteiger partial charge in [0.25, 0.3) is 0 Å². The first kappa shape index (κ1) is 10.7. The van der Waals surface area contributed by atoms with E-state index in [2.05, 4.69) is 4.74 Å². The maximum Gasteiger partial charge on any atom is 0.387 e. The van der Waals surface area contributed by atoms with Gasteiger partial charge in [-0.15, -0.1) is 0 Å². The summed E-state index contributed by atoms with van der Waals surface area (Å²) in [6.45, 7) is -2.71. The molecular formula is C9H11F2NO2. The maximum atomic E-state index is 11.9. The third-order valence-electron chi connectivity index (χ3n) is 1.70. The molecule has 0 bridgehead atoms. The standard InChI is InChI=1S/C9H11F2NO2/c1-13-7-2-3-8(14-9(10)11)6(4-7)5-12/h2-4,9H,5,12H2,1H3. The number of hydrogen-bond donors (Lipinski definition) is 1. The Morgan fingerprint density at radius 2 is 2.14 bits per heavy atom. The molecule has 0 atom stereocenters. The van der Waals surface area contributed by atoms with Crippen LogP contribution in [0.5, 0.6) is 11.5 Å². The second-order valence-electron chi connectivity index (χ2n) is 2.56. The highest BCUT2D eigenvalue weighted by Gasteiger charge is 2.09. The highest BCUT2D eigenvalue weighted by Crippen LogP contribution is 2.24. The molecule has 0 saturated carbocycles. The molecule has 14 heavy (non-hydrogen) atoms. The van der Waals surface area contributed by atoms with E-state index in [9.17, 15) is 8.78 Å². The van der Waals surface area contributed by atoms with Crippen LogP contribution < -0.4 is 15.2 Å². The number of hydrogen-bond acceptors (Lipinski definition) is 3. The van der Waals surface area contributed by atoms with E-state index in [4.69, 9.17) is 10.5 Å². The van der Waals surface area contributed by atoms with E-state index in [1.54, 1.807) is 6.07 Å². The van der Waals surface area contributed by atoms with Crippen LogP contribution in [0, 0.1) is 0 Å². The summed E-state index contributed by atoms with van der Waals surface area (Å²) in [7, 11) is 1.49. The van der Waals surface area contributed by atoms with Gasteiger partial charge >= 0.3 is 6.61 Å². The fraction of sp³-hybridized carbons (Fsp3) is 0.333. The van der Waals surface area contributed by atoms with Gasteiger partial charge in [0.05, 0.1) is 7.11 Å². The summed E-state index contributed by atoms with van der Waals surface area (Å²) in [5.74, 6) is 0.648. The summed E-state index contributed by atoms with van der Waals surface area (Å²) >= 11 is 0. The highest BCUT2D eigenvalue weighted by molar-refractivity contribution is 5.40. The Balaban J connectivity index is 2.93. The predicted octanol–water partition coefficient (Wildman–Crippen LogP) is 1.76. The molecule has 0 heterocycles. The average molecular weight is 203 g/mol. The van der Waals surface area contributed by atoms with Gasteiger partial charge in [-0.1, -0.05) is 0 Å². The van der Waals surface area contributed by atoms with Crippen molar-refractivity contribution in [1.29, 1.82) is 0 Å². The summed E-state index contributed by atoms with van der Waals surface area (Å²) in [6, 6.07) is 4.52. The van der Waals surface area contributed by atoms with Gasteiger partial charge in [-0.3, -0.25) is 0 Å². The summed E-state index contributed by atoms with van der Waals surface area (Å²) in [6.07, 6.45) is 0. The first-order valence-corrected chi connectivity index (χ1v) is 3.99. The summed E-state index contributed by atoms with van der Waals surface area (Å²) in [5.41, 5.74) is 5.86. The average Bonchev–Trinajstić information content (AvgIpc) is 2.17. The zero-order chi connectivity index (χ0) is 10.6. The van der Waals surface area contributed by atoms with Crippen LogP contribution in [-0.4, -0.2) is 13.7 Å². The van der Waals surface area contributed by atoms with Gasteiger partial charge in [-0.25, -0.2) is 0 Å². The Morgan fingerprint density at radius 1 is 1.43 bits per heavy atom. The number of ether oxygens (including phenoxy) is 2. The lowest BCUT2D eigenvalue weighted by Gasteiger charge is -2.10. The Hall–Kier alpha value is -1.36. The minimum absolute atomic E-state index is 0.0864. The fourth-order valence-corrected chi connectivity index (χ4v) is 1.05. The maximum absolute atomic E-state index is 11.9. The minimum atomic E-state index is -2.84. The number of methoxy groups -OCH3 is 1. The number of alkyl halides is 2. The van der Waals surface area contributed by atoms with Gasteiger partial charge in [-0.2, -0.15) is 8.78 Å². The van der Waals surface area contributed by atoms with Crippen LogP contribution in [0.25, 0.3) is 0 Å². The number of rotatable bonds is 4. The van der Waals surface area contributed by atoms with E-state index >= 15 is 0 Å². The normalized spacial score (nSPS) is 10.4. The zero-order valence-electron chi connectivity index (χ0n) is 7.67. The van der Waals surface area contributed by atoms with Gasteiger partial charge in [0, 0.05) is 12.1 Å². The van der Waals surface area contributed by atoms with E-state index in [1.165, 1.54) is 19.2 Å². The van der Waals surface area contributed by atoms with Gasteiger partial charge in [0.15, 0.2) is 0 Å². The van der Waals surface area contributed by atoms with Crippen LogP contribution in [0.2, 0.25) is 0 Å². The van der Waals surface area contributed by atoms with Crippen molar-refractivity contribution in [2.45, 2.75) is 13.2 Å². The lowest BCUT2D eigenvalue weighted by atomic mass is 10.2. The minimum Gasteiger partial charge on any atom is -0.497 e. The van der Waals surface area contributed by atoms with E-state index in [0.717, 1.165) is 0 Å². The Kier molecular flexibility index (Phi) is 3.64. The van der Waals surface area contributed by atoms with Crippen LogP contribution in [-0.2, 0) is 6.54 Å². The van der Waals surface area contributed by atoms with E-state index in [-0.39, 0.29) is 12.3 Å². The Labute approximate surface area is 80.4 Å². The summed E-state index contributed by atoms with van der Waals surface area (Å²) in [5, 5.41) is 0. The third-order valence-corrected chi connectivity index (χ3v) is 1.70. The Morgan fingerprint density at radius 3 is 2.64 bits per heavy atom. The Bertz CT molecular complexity index is 305. The van der Waals surface area contributed by atoms with Gasteiger partial charge < -0.3 is 15.2 Å². The summed E-state index contributed by atoms with van der Waals surface area (Å²) in [4.78, 5) is 0. The quantitative estimate of drug-likeness (QED) is 0.810. The molecule has 0 aliphatic rings. The molecule has 0 saturated heterocycles. The van der Waals surface area contributed by atoms with Crippen molar-refractivity contribution in [1.82, 2.24) is 0 Å². The van der Waals surface area contributed by atoms with Crippen molar-refractivity contribution in [2.24, 2.45) is 5.73 Å². The second kappa shape index (κ2) is 4.76. The molecule has 2 N–H and O–H groups in total. The van der Waals surface area contributed by atoms with Crippen molar-refractivity contribution in [2.75, 3.05) is 7.11 Å². The van der Waals surface area contributed by atoms with E-state index in [1.807, 2.05) is 0 Å². The summed E-state index contributed by atoms with van der Waals surface area (Å²) < 4.78 is 33.0. The van der Waals surface area contributed by atoms with Crippen LogP contribution in [0.15, 0.2) is 18.2 Å². The number of benzene rings is 1. The molecule has 78 valence electrons. The van der Waals surface area contributed by atoms with Crippen LogP contribution in [0.1, 0.15) is 5.56 Å². The first-order chi connectivity index (χ1) is 6.67. The van der Waals surface area contributed by atoms with Crippen molar-refractivity contribution in [3.05, 3.63) is 23.8 Å². The molecule has 3 nitrogen and oxygen atoms in total. The third kappa shape index (κ3) is 2.56. The van der Waals surface area contributed by atoms with Crippen LogP contribution in [0.4, 0.5) is 8.78 Å². The zero-order valence-corrected chi connectivity index (χ0v) is 7.67. The van der Waals surface area contributed by atoms with Gasteiger partial charge in [0.2, 0.25) is 0 Å². The van der Waals surface area contributed by atoms with Crippen molar-refractivity contribution >= 4 is 0 Å². The SMILES string of the molecule is COc1ccc(OC(F)F)c(CN)c1. The monoisotopic (exact) mass is 203 g/mol. The molecular weight excluding hydrogens is 192 g/mol. The lowest BCUT2D eigenvalue weighted by molar-refractivity contribution is -0.0504. The first-order valence-electron chi connectivity index (χ1n) is 3.99. The van der Waals surface area contributed by atoms with E-state index in [0.29, 0.717) is 11.3 Å². The predicted molar refractivity (Wildman–Crippen MR) is 47.5 cm³/mol. The molecule has 0 radical (unpaired) electrons. The second-order valence-corrected chi connectivity index (χ2v) is 2.56. The molecule has 1 aromatic rings. The molecule has 1 rings (SSSR count). The molecule has 0 aliphatic carbocycles. The van der Waals surface area contributed by atoms with Gasteiger partial charge in [-0.05, 0) is 18.2 Å².